The number of nitrogens with zero attached hydrogens (tertiary/aromatic N) is 4. The monoisotopic (exact) mass is 363 g/mol. The Kier molecular flexibility index (Phi) is 4.17. The number of anilines is 1. The van der Waals surface area contributed by atoms with Gasteiger partial charge in [0.2, 0.25) is 0 Å². The van der Waals surface area contributed by atoms with Crippen LogP contribution >= 0.6 is 27.5 Å². The molecule has 0 unspecified atom stereocenters. The zero-order chi connectivity index (χ0) is 14.7. The minimum atomic E-state index is 0.683. The maximum absolute atomic E-state index is 5.93. The van der Waals surface area contributed by atoms with Gasteiger partial charge in [0.1, 0.15) is 12.7 Å². The second-order valence-electron chi connectivity index (χ2n) is 4.33. The van der Waals surface area contributed by atoms with Crippen molar-refractivity contribution in [1.29, 1.82) is 0 Å². The van der Waals surface area contributed by atoms with Crippen LogP contribution in [-0.4, -0.2) is 19.7 Å². The molecule has 0 saturated carbocycles. The standard InChI is InChI=1S/C14H11BrClN5/c15-13-5-11(16)2-1-10(13)6-18-12-3-4-14(19-7-12)21-9-17-8-20-21/h1-5,7-9,18H,6H2. The van der Waals surface area contributed by atoms with E-state index >= 15 is 0 Å². The maximum Gasteiger partial charge on any atom is 0.155 e. The van der Waals surface area contributed by atoms with Crippen LogP contribution in [0.25, 0.3) is 5.82 Å². The zero-order valence-corrected chi connectivity index (χ0v) is 13.2. The highest BCUT2D eigenvalue weighted by atomic mass is 79.9. The SMILES string of the molecule is Clc1ccc(CNc2ccc(-n3cncn3)nc2)c(Br)c1. The van der Waals surface area contributed by atoms with E-state index in [9.17, 15) is 0 Å². The van der Waals surface area contributed by atoms with Gasteiger partial charge >= 0.3 is 0 Å². The van der Waals surface area contributed by atoms with Crippen LogP contribution in [0.15, 0.2) is 53.7 Å². The van der Waals surface area contributed by atoms with Crippen LogP contribution in [0.2, 0.25) is 5.02 Å². The molecule has 0 spiro atoms. The van der Waals surface area contributed by atoms with Gasteiger partial charge in [0, 0.05) is 16.0 Å². The summed E-state index contributed by atoms with van der Waals surface area (Å²) >= 11 is 9.43. The lowest BCUT2D eigenvalue weighted by Crippen LogP contribution is -2.02. The minimum Gasteiger partial charge on any atom is -0.380 e. The Morgan fingerprint density at radius 1 is 1.24 bits per heavy atom. The summed E-state index contributed by atoms with van der Waals surface area (Å²) in [5, 5.41) is 8.06. The molecule has 0 aliphatic rings. The van der Waals surface area contributed by atoms with Crippen molar-refractivity contribution in [2.45, 2.75) is 6.54 Å². The largest absolute Gasteiger partial charge is 0.380 e. The minimum absolute atomic E-state index is 0.683. The first-order valence-corrected chi connectivity index (χ1v) is 7.38. The fourth-order valence-electron chi connectivity index (χ4n) is 1.82. The predicted octanol–water partition coefficient (Wildman–Crippen LogP) is 3.69. The second-order valence-corrected chi connectivity index (χ2v) is 5.63. The Hall–Kier alpha value is -1.92. The molecule has 106 valence electrons. The molecule has 0 amide bonds. The summed E-state index contributed by atoms with van der Waals surface area (Å²) in [7, 11) is 0. The lowest BCUT2D eigenvalue weighted by molar-refractivity contribution is 0.845. The summed E-state index contributed by atoms with van der Waals surface area (Å²) in [5.74, 6) is 0.728. The van der Waals surface area contributed by atoms with E-state index in [0.29, 0.717) is 11.6 Å². The number of halogens is 2. The highest BCUT2D eigenvalue weighted by Gasteiger charge is 2.02. The summed E-state index contributed by atoms with van der Waals surface area (Å²) in [4.78, 5) is 8.23. The van der Waals surface area contributed by atoms with E-state index in [4.69, 9.17) is 11.6 Å². The van der Waals surface area contributed by atoms with Crippen molar-refractivity contribution in [3.8, 4) is 5.82 Å². The third-order valence-corrected chi connectivity index (χ3v) is 3.87. The number of nitrogens with one attached hydrogen (secondary N) is 1. The first-order valence-electron chi connectivity index (χ1n) is 6.21. The third kappa shape index (κ3) is 3.40. The number of pyridine rings is 1. The molecule has 3 rings (SSSR count). The fourth-order valence-corrected chi connectivity index (χ4v) is 2.64. The highest BCUT2D eigenvalue weighted by molar-refractivity contribution is 9.10. The molecular weight excluding hydrogens is 354 g/mol. The molecule has 0 bridgehead atoms. The fraction of sp³-hybridized carbons (Fsp3) is 0.0714. The summed E-state index contributed by atoms with van der Waals surface area (Å²) in [6, 6.07) is 9.57. The van der Waals surface area contributed by atoms with Crippen LogP contribution in [0.1, 0.15) is 5.56 Å². The van der Waals surface area contributed by atoms with Gasteiger partial charge in [0.15, 0.2) is 5.82 Å². The van der Waals surface area contributed by atoms with Crippen molar-refractivity contribution >= 4 is 33.2 Å². The highest BCUT2D eigenvalue weighted by Crippen LogP contribution is 2.22. The van der Waals surface area contributed by atoms with Crippen molar-refractivity contribution in [2.24, 2.45) is 0 Å². The Morgan fingerprint density at radius 3 is 2.81 bits per heavy atom. The molecule has 0 atom stereocenters. The van der Waals surface area contributed by atoms with Crippen molar-refractivity contribution in [2.75, 3.05) is 5.32 Å². The van der Waals surface area contributed by atoms with Crippen LogP contribution in [0.4, 0.5) is 5.69 Å². The molecule has 1 N–H and O–H groups in total. The summed E-state index contributed by atoms with van der Waals surface area (Å²) in [5.41, 5.74) is 2.06. The maximum atomic E-state index is 5.93. The molecule has 3 aromatic rings. The smallest absolute Gasteiger partial charge is 0.155 e. The number of rotatable bonds is 4. The van der Waals surface area contributed by atoms with E-state index in [1.165, 1.54) is 6.33 Å². The van der Waals surface area contributed by atoms with Gasteiger partial charge in [0.05, 0.1) is 11.9 Å². The second kappa shape index (κ2) is 6.24. The summed E-state index contributed by atoms with van der Waals surface area (Å²) in [6.07, 6.45) is 4.85. The third-order valence-electron chi connectivity index (χ3n) is 2.90. The predicted molar refractivity (Wildman–Crippen MR) is 85.6 cm³/mol. The van der Waals surface area contributed by atoms with Gasteiger partial charge in [-0.3, -0.25) is 0 Å². The molecule has 1 aromatic carbocycles. The molecule has 2 aromatic heterocycles. The van der Waals surface area contributed by atoms with E-state index < -0.39 is 0 Å². The average Bonchev–Trinajstić information content (AvgIpc) is 3.01. The number of benzene rings is 1. The van der Waals surface area contributed by atoms with Crippen molar-refractivity contribution in [3.05, 3.63) is 64.2 Å². The average molecular weight is 365 g/mol. The Morgan fingerprint density at radius 2 is 2.14 bits per heavy atom. The number of hydrogen-bond donors (Lipinski definition) is 1. The molecule has 0 fully saturated rings. The number of hydrogen-bond acceptors (Lipinski definition) is 4. The molecule has 0 aliphatic heterocycles. The zero-order valence-electron chi connectivity index (χ0n) is 10.9. The summed E-state index contributed by atoms with van der Waals surface area (Å²) in [6.45, 7) is 0.683. The van der Waals surface area contributed by atoms with Gasteiger partial charge in [0.25, 0.3) is 0 Å². The molecule has 0 aliphatic carbocycles. The van der Waals surface area contributed by atoms with Gasteiger partial charge in [-0.15, -0.1) is 0 Å². The molecule has 5 nitrogen and oxygen atoms in total. The molecule has 7 heteroatoms. The molecule has 21 heavy (non-hydrogen) atoms. The van der Waals surface area contributed by atoms with Crippen LogP contribution in [-0.2, 0) is 6.54 Å². The first kappa shape index (κ1) is 14.0. The lowest BCUT2D eigenvalue weighted by atomic mass is 10.2. The van der Waals surface area contributed by atoms with E-state index in [0.717, 1.165) is 21.5 Å². The quantitative estimate of drug-likeness (QED) is 0.767. The van der Waals surface area contributed by atoms with E-state index in [1.54, 1.807) is 17.2 Å². The normalized spacial score (nSPS) is 10.6. The summed E-state index contributed by atoms with van der Waals surface area (Å²) < 4.78 is 2.59. The van der Waals surface area contributed by atoms with Crippen molar-refractivity contribution < 1.29 is 0 Å². The van der Waals surface area contributed by atoms with Gasteiger partial charge in [-0.25, -0.2) is 14.6 Å². The van der Waals surface area contributed by atoms with E-state index in [1.807, 2.05) is 30.3 Å². The molecule has 0 saturated heterocycles. The van der Waals surface area contributed by atoms with Crippen LogP contribution < -0.4 is 5.32 Å². The molecule has 2 heterocycles. The Labute approximate surface area is 135 Å². The van der Waals surface area contributed by atoms with E-state index in [2.05, 4.69) is 36.3 Å². The van der Waals surface area contributed by atoms with Crippen molar-refractivity contribution in [1.82, 2.24) is 19.7 Å². The lowest BCUT2D eigenvalue weighted by Gasteiger charge is -2.09. The first-order chi connectivity index (χ1) is 10.2. The van der Waals surface area contributed by atoms with Crippen LogP contribution in [0.5, 0.6) is 0 Å². The topological polar surface area (TPSA) is 55.6 Å². The van der Waals surface area contributed by atoms with E-state index in [-0.39, 0.29) is 0 Å². The Balaban J connectivity index is 1.68. The number of aromatic nitrogens is 4. The van der Waals surface area contributed by atoms with Crippen LogP contribution in [0, 0.1) is 0 Å². The van der Waals surface area contributed by atoms with Crippen LogP contribution in [0.3, 0.4) is 0 Å². The Bertz CT molecular complexity index is 728. The molecule has 0 radical (unpaired) electrons. The molecular formula is C14H11BrClN5. The van der Waals surface area contributed by atoms with Crippen molar-refractivity contribution in [3.63, 3.8) is 0 Å². The van der Waals surface area contributed by atoms with Gasteiger partial charge in [-0.05, 0) is 29.8 Å². The van der Waals surface area contributed by atoms with Gasteiger partial charge < -0.3 is 5.32 Å². The van der Waals surface area contributed by atoms with Gasteiger partial charge in [-0.1, -0.05) is 33.6 Å². The van der Waals surface area contributed by atoms with Gasteiger partial charge in [-0.2, -0.15) is 5.10 Å².